The standard InChI is InChI=1S/C35H39N3O4S/c1-2-37-43(41,42)32-21-18-29(19-22-32)20-23-34(39)38(27-31-16-10-5-11-17-31)33(26-30-14-8-4-9-15-30)35(40)36-25-24-28-12-6-3-7-13-28/h3-19,21-22,33,37H,2,20,23-27H2,1H3,(H,36,40)/t33-/m1/s1. The molecular formula is C35H39N3O4S. The second kappa shape index (κ2) is 15.8. The average molecular weight is 598 g/mol. The molecule has 0 spiro atoms. The molecule has 4 aromatic carbocycles. The Morgan fingerprint density at radius 3 is 1.81 bits per heavy atom. The first-order valence-corrected chi connectivity index (χ1v) is 16.1. The average Bonchev–Trinajstić information content (AvgIpc) is 3.03. The van der Waals surface area contributed by atoms with Crippen LogP contribution in [0, 0.1) is 0 Å². The van der Waals surface area contributed by atoms with E-state index in [-0.39, 0.29) is 23.1 Å². The summed E-state index contributed by atoms with van der Waals surface area (Å²) < 4.78 is 27.1. The van der Waals surface area contributed by atoms with Gasteiger partial charge in [0.1, 0.15) is 6.04 Å². The molecule has 0 fully saturated rings. The number of carbonyl (C=O) groups is 2. The van der Waals surface area contributed by atoms with Gasteiger partial charge in [0.25, 0.3) is 0 Å². The number of sulfonamides is 1. The highest BCUT2D eigenvalue weighted by molar-refractivity contribution is 7.89. The van der Waals surface area contributed by atoms with Gasteiger partial charge in [-0.15, -0.1) is 0 Å². The highest BCUT2D eigenvalue weighted by Gasteiger charge is 2.30. The highest BCUT2D eigenvalue weighted by Crippen LogP contribution is 2.18. The van der Waals surface area contributed by atoms with E-state index in [0.29, 0.717) is 38.9 Å². The van der Waals surface area contributed by atoms with Gasteiger partial charge >= 0.3 is 0 Å². The van der Waals surface area contributed by atoms with Gasteiger partial charge in [0.15, 0.2) is 0 Å². The zero-order valence-electron chi connectivity index (χ0n) is 24.5. The minimum absolute atomic E-state index is 0.146. The van der Waals surface area contributed by atoms with Crippen LogP contribution in [0.5, 0.6) is 0 Å². The molecule has 4 aromatic rings. The third-order valence-corrected chi connectivity index (χ3v) is 8.78. The number of carbonyl (C=O) groups excluding carboxylic acids is 2. The molecule has 0 radical (unpaired) electrons. The summed E-state index contributed by atoms with van der Waals surface area (Å²) in [4.78, 5) is 29.5. The van der Waals surface area contributed by atoms with Crippen LogP contribution in [-0.2, 0) is 45.4 Å². The minimum Gasteiger partial charge on any atom is -0.354 e. The molecule has 0 saturated heterocycles. The number of amides is 2. The molecule has 8 heteroatoms. The van der Waals surface area contributed by atoms with Gasteiger partial charge in [0.2, 0.25) is 21.8 Å². The molecule has 0 aliphatic carbocycles. The van der Waals surface area contributed by atoms with Crippen molar-refractivity contribution in [3.05, 3.63) is 138 Å². The Hall–Kier alpha value is -4.27. The van der Waals surface area contributed by atoms with Crippen molar-refractivity contribution in [1.82, 2.24) is 14.9 Å². The van der Waals surface area contributed by atoms with Crippen molar-refractivity contribution in [2.24, 2.45) is 0 Å². The molecule has 0 aliphatic heterocycles. The highest BCUT2D eigenvalue weighted by atomic mass is 32.2. The first-order valence-electron chi connectivity index (χ1n) is 14.6. The van der Waals surface area contributed by atoms with Gasteiger partial charge in [-0.1, -0.05) is 110 Å². The van der Waals surface area contributed by atoms with Crippen LogP contribution < -0.4 is 10.0 Å². The van der Waals surface area contributed by atoms with Crippen molar-refractivity contribution in [2.45, 2.75) is 50.1 Å². The van der Waals surface area contributed by atoms with E-state index in [9.17, 15) is 18.0 Å². The van der Waals surface area contributed by atoms with Gasteiger partial charge in [-0.2, -0.15) is 0 Å². The topological polar surface area (TPSA) is 95.6 Å². The van der Waals surface area contributed by atoms with Crippen molar-refractivity contribution in [2.75, 3.05) is 13.1 Å². The lowest BCUT2D eigenvalue weighted by molar-refractivity contribution is -0.141. The van der Waals surface area contributed by atoms with E-state index in [1.54, 1.807) is 36.1 Å². The maximum absolute atomic E-state index is 13.9. The lowest BCUT2D eigenvalue weighted by Crippen LogP contribution is -2.50. The molecule has 0 unspecified atom stereocenters. The summed E-state index contributed by atoms with van der Waals surface area (Å²) >= 11 is 0. The summed E-state index contributed by atoms with van der Waals surface area (Å²) in [6.07, 6.45) is 1.67. The largest absolute Gasteiger partial charge is 0.354 e. The molecule has 7 nitrogen and oxygen atoms in total. The van der Waals surface area contributed by atoms with Crippen LogP contribution in [0.4, 0.5) is 0 Å². The van der Waals surface area contributed by atoms with Crippen LogP contribution >= 0.6 is 0 Å². The number of nitrogens with one attached hydrogen (secondary N) is 2. The normalized spacial score (nSPS) is 11.9. The van der Waals surface area contributed by atoms with Crippen LogP contribution in [0.15, 0.2) is 120 Å². The molecule has 2 N–H and O–H groups in total. The fourth-order valence-corrected chi connectivity index (χ4v) is 5.97. The van der Waals surface area contributed by atoms with E-state index in [2.05, 4.69) is 10.0 Å². The van der Waals surface area contributed by atoms with E-state index < -0.39 is 16.1 Å². The minimum atomic E-state index is -3.55. The Labute approximate surface area is 255 Å². The van der Waals surface area contributed by atoms with E-state index in [1.807, 2.05) is 91.0 Å². The Kier molecular flexibility index (Phi) is 11.6. The fourth-order valence-electron chi connectivity index (χ4n) is 4.93. The second-order valence-electron chi connectivity index (χ2n) is 10.4. The molecule has 0 aromatic heterocycles. The quantitative estimate of drug-likeness (QED) is 0.204. The van der Waals surface area contributed by atoms with Crippen molar-refractivity contribution >= 4 is 21.8 Å². The zero-order chi connectivity index (χ0) is 30.5. The number of nitrogens with zero attached hydrogens (tertiary/aromatic N) is 1. The van der Waals surface area contributed by atoms with E-state index >= 15 is 0 Å². The van der Waals surface area contributed by atoms with Crippen molar-refractivity contribution < 1.29 is 18.0 Å². The summed E-state index contributed by atoms with van der Waals surface area (Å²) in [6.45, 7) is 2.79. The van der Waals surface area contributed by atoms with E-state index in [4.69, 9.17) is 0 Å². The van der Waals surface area contributed by atoms with Crippen LogP contribution in [0.1, 0.15) is 35.6 Å². The van der Waals surface area contributed by atoms with Gasteiger partial charge in [-0.25, -0.2) is 13.1 Å². The first-order chi connectivity index (χ1) is 20.9. The smallest absolute Gasteiger partial charge is 0.243 e. The van der Waals surface area contributed by atoms with E-state index in [1.165, 1.54) is 0 Å². The Bertz CT molecular complexity index is 1550. The molecule has 43 heavy (non-hydrogen) atoms. The summed E-state index contributed by atoms with van der Waals surface area (Å²) in [5, 5.41) is 3.08. The molecular weight excluding hydrogens is 558 g/mol. The van der Waals surface area contributed by atoms with Crippen LogP contribution in [0.2, 0.25) is 0 Å². The van der Waals surface area contributed by atoms with Crippen molar-refractivity contribution in [1.29, 1.82) is 0 Å². The van der Waals surface area contributed by atoms with E-state index in [0.717, 1.165) is 22.3 Å². The summed E-state index contributed by atoms with van der Waals surface area (Å²) in [6, 6.07) is 35.3. The van der Waals surface area contributed by atoms with Gasteiger partial charge < -0.3 is 10.2 Å². The molecule has 0 saturated carbocycles. The number of aryl methyl sites for hydroxylation is 1. The Morgan fingerprint density at radius 1 is 0.698 bits per heavy atom. The third kappa shape index (κ3) is 9.63. The number of benzene rings is 4. The summed E-state index contributed by atoms with van der Waals surface area (Å²) in [5.41, 5.74) is 3.87. The summed E-state index contributed by atoms with van der Waals surface area (Å²) in [7, 11) is -3.55. The molecule has 4 rings (SSSR count). The number of hydrogen-bond acceptors (Lipinski definition) is 4. The SMILES string of the molecule is CCNS(=O)(=O)c1ccc(CCC(=O)N(Cc2ccccc2)[C@H](Cc2ccccc2)C(=O)NCCc2ccccc2)cc1. The predicted octanol–water partition coefficient (Wildman–Crippen LogP) is 4.92. The molecule has 1 atom stereocenters. The van der Waals surface area contributed by atoms with Gasteiger partial charge in [0, 0.05) is 32.5 Å². The lowest BCUT2D eigenvalue weighted by atomic mass is 10.0. The molecule has 0 aliphatic rings. The molecule has 0 heterocycles. The maximum Gasteiger partial charge on any atom is 0.243 e. The third-order valence-electron chi connectivity index (χ3n) is 7.22. The van der Waals surface area contributed by atoms with Crippen LogP contribution in [-0.4, -0.2) is 44.3 Å². The first kappa shape index (κ1) is 31.7. The monoisotopic (exact) mass is 597 g/mol. The molecule has 224 valence electrons. The van der Waals surface area contributed by atoms with Gasteiger partial charge in [-0.05, 0) is 47.2 Å². The maximum atomic E-state index is 13.9. The Balaban J connectivity index is 1.54. The predicted molar refractivity (Wildman–Crippen MR) is 170 cm³/mol. The molecule has 0 bridgehead atoms. The molecule has 2 amide bonds. The van der Waals surface area contributed by atoms with Gasteiger partial charge in [0.05, 0.1) is 4.90 Å². The van der Waals surface area contributed by atoms with Crippen molar-refractivity contribution in [3.63, 3.8) is 0 Å². The fraction of sp³-hybridized carbons (Fsp3) is 0.257. The van der Waals surface area contributed by atoms with Crippen LogP contribution in [0.25, 0.3) is 0 Å². The van der Waals surface area contributed by atoms with Crippen LogP contribution in [0.3, 0.4) is 0 Å². The number of rotatable bonds is 15. The number of hydrogen-bond donors (Lipinski definition) is 2. The summed E-state index contributed by atoms with van der Waals surface area (Å²) in [5.74, 6) is -0.339. The van der Waals surface area contributed by atoms with Gasteiger partial charge in [-0.3, -0.25) is 9.59 Å². The zero-order valence-corrected chi connectivity index (χ0v) is 25.3. The second-order valence-corrected chi connectivity index (χ2v) is 12.2. The van der Waals surface area contributed by atoms with Crippen molar-refractivity contribution in [3.8, 4) is 0 Å². The lowest BCUT2D eigenvalue weighted by Gasteiger charge is -2.31. The Morgan fingerprint density at radius 2 is 1.23 bits per heavy atom.